The van der Waals surface area contributed by atoms with Crippen molar-refractivity contribution in [2.45, 2.75) is 19.5 Å². The molecule has 2 N–H and O–H groups in total. The van der Waals surface area contributed by atoms with E-state index in [1.165, 1.54) is 29.9 Å². The molecular formula is C17H15BrFN5O3. The number of aromatic nitrogens is 4. The van der Waals surface area contributed by atoms with E-state index < -0.39 is 17.9 Å². The second-order valence-corrected chi connectivity index (χ2v) is 6.60. The normalized spacial score (nSPS) is 12.0. The Hall–Kier alpha value is -3.01. The Kier molecular flexibility index (Phi) is 5.36. The maximum Gasteiger partial charge on any atom is 0.354 e. The molecular weight excluding hydrogens is 421 g/mol. The fourth-order valence-electron chi connectivity index (χ4n) is 2.49. The van der Waals surface area contributed by atoms with Crippen molar-refractivity contribution >= 4 is 33.6 Å². The summed E-state index contributed by atoms with van der Waals surface area (Å²) in [6.45, 7) is 1.72. The second-order valence-electron chi connectivity index (χ2n) is 5.75. The average molecular weight is 436 g/mol. The maximum atomic E-state index is 13.8. The van der Waals surface area contributed by atoms with Crippen molar-refractivity contribution in [3.63, 3.8) is 0 Å². The molecule has 27 heavy (non-hydrogen) atoms. The van der Waals surface area contributed by atoms with Gasteiger partial charge in [-0.25, -0.2) is 13.9 Å². The minimum absolute atomic E-state index is 0.0956. The van der Waals surface area contributed by atoms with E-state index in [0.717, 1.165) is 4.68 Å². The number of carboxylic acid groups (broad SMARTS) is 1. The molecule has 1 aromatic carbocycles. The van der Waals surface area contributed by atoms with Crippen LogP contribution in [0.1, 0.15) is 29.0 Å². The van der Waals surface area contributed by atoms with Crippen LogP contribution in [0.15, 0.2) is 47.2 Å². The van der Waals surface area contributed by atoms with Gasteiger partial charge in [-0.2, -0.15) is 10.2 Å². The fraction of sp³-hybridized carbons (Fsp3) is 0.176. The van der Waals surface area contributed by atoms with Crippen LogP contribution < -0.4 is 5.32 Å². The fourth-order valence-corrected chi connectivity index (χ4v) is 2.90. The van der Waals surface area contributed by atoms with E-state index in [4.69, 9.17) is 5.11 Å². The highest BCUT2D eigenvalue weighted by Crippen LogP contribution is 2.22. The zero-order valence-electron chi connectivity index (χ0n) is 14.1. The van der Waals surface area contributed by atoms with Gasteiger partial charge in [-0.15, -0.1) is 0 Å². The number of amides is 1. The van der Waals surface area contributed by atoms with Gasteiger partial charge in [0.05, 0.1) is 11.0 Å². The van der Waals surface area contributed by atoms with Crippen LogP contribution in [0.25, 0.3) is 0 Å². The van der Waals surface area contributed by atoms with E-state index >= 15 is 0 Å². The van der Waals surface area contributed by atoms with Crippen molar-refractivity contribution in [2.75, 3.05) is 5.32 Å². The number of benzene rings is 1. The van der Waals surface area contributed by atoms with Gasteiger partial charge in [0.2, 0.25) is 5.91 Å². The molecule has 2 heterocycles. The molecule has 0 aliphatic rings. The van der Waals surface area contributed by atoms with E-state index in [-0.39, 0.29) is 23.9 Å². The largest absolute Gasteiger partial charge is 0.477 e. The van der Waals surface area contributed by atoms with Gasteiger partial charge in [0, 0.05) is 18.0 Å². The number of carbonyl (C=O) groups excluding carboxylic acids is 1. The van der Waals surface area contributed by atoms with Crippen molar-refractivity contribution < 1.29 is 19.1 Å². The molecule has 0 aliphatic heterocycles. The van der Waals surface area contributed by atoms with Crippen LogP contribution in [0.3, 0.4) is 0 Å². The predicted octanol–water partition coefficient (Wildman–Crippen LogP) is 2.93. The van der Waals surface area contributed by atoms with E-state index in [2.05, 4.69) is 31.4 Å². The minimum atomic E-state index is -1.18. The lowest BCUT2D eigenvalue weighted by molar-refractivity contribution is -0.119. The molecule has 140 valence electrons. The molecule has 0 saturated carbocycles. The van der Waals surface area contributed by atoms with Gasteiger partial charge >= 0.3 is 5.97 Å². The Labute approximate surface area is 161 Å². The Morgan fingerprint density at radius 3 is 2.78 bits per heavy atom. The van der Waals surface area contributed by atoms with Crippen molar-refractivity contribution in [2.24, 2.45) is 0 Å². The highest BCUT2D eigenvalue weighted by Gasteiger charge is 2.23. The van der Waals surface area contributed by atoms with E-state index in [1.54, 1.807) is 24.4 Å². The van der Waals surface area contributed by atoms with Gasteiger partial charge in [0.15, 0.2) is 5.82 Å². The molecule has 1 atom stereocenters. The zero-order valence-corrected chi connectivity index (χ0v) is 15.7. The predicted molar refractivity (Wildman–Crippen MR) is 98.0 cm³/mol. The van der Waals surface area contributed by atoms with Crippen LogP contribution in [-0.4, -0.2) is 36.5 Å². The number of nitrogens with zero attached hydrogens (tertiary/aromatic N) is 4. The number of hydrogen-bond acceptors (Lipinski definition) is 4. The molecule has 2 aromatic heterocycles. The summed E-state index contributed by atoms with van der Waals surface area (Å²) in [6, 6.07) is 6.79. The quantitative estimate of drug-likeness (QED) is 0.619. The van der Waals surface area contributed by atoms with Crippen molar-refractivity contribution in [3.8, 4) is 0 Å². The summed E-state index contributed by atoms with van der Waals surface area (Å²) in [5, 5.41) is 19.9. The number of hydrogen-bond donors (Lipinski definition) is 2. The van der Waals surface area contributed by atoms with Gasteiger partial charge in [0.1, 0.15) is 17.6 Å². The number of carbonyl (C=O) groups is 2. The zero-order chi connectivity index (χ0) is 19.6. The first kappa shape index (κ1) is 18.8. The van der Waals surface area contributed by atoms with Crippen LogP contribution in [0, 0.1) is 5.82 Å². The molecule has 0 bridgehead atoms. The second kappa shape index (κ2) is 7.70. The molecule has 1 amide bonds. The van der Waals surface area contributed by atoms with Gasteiger partial charge < -0.3 is 10.4 Å². The topological polar surface area (TPSA) is 102 Å². The Balaban J connectivity index is 1.75. The summed E-state index contributed by atoms with van der Waals surface area (Å²) in [5.74, 6) is -1.77. The average Bonchev–Trinajstić information content (AvgIpc) is 3.23. The number of rotatable bonds is 6. The third-order valence-electron chi connectivity index (χ3n) is 3.88. The van der Waals surface area contributed by atoms with Crippen molar-refractivity contribution in [1.82, 2.24) is 19.6 Å². The molecule has 3 aromatic rings. The number of carboxylic acids is 1. The van der Waals surface area contributed by atoms with Gasteiger partial charge in [-0.1, -0.05) is 18.2 Å². The van der Waals surface area contributed by atoms with E-state index in [1.807, 2.05) is 0 Å². The maximum absolute atomic E-state index is 13.8. The molecule has 0 saturated heterocycles. The molecule has 0 fully saturated rings. The van der Waals surface area contributed by atoms with Gasteiger partial charge in [0.25, 0.3) is 0 Å². The first-order valence-electron chi connectivity index (χ1n) is 7.91. The molecule has 0 spiro atoms. The lowest BCUT2D eigenvalue weighted by Gasteiger charge is -2.13. The standard InChI is InChI=1S/C17H15BrFN5O3/c1-10(24-14(17(26)27)6-7-20-24)16(25)21-15-12(18)9-23(22-15)8-11-4-2-3-5-13(11)19/h2-7,9-10H,8H2,1H3,(H,26,27)(H,21,22,25). The summed E-state index contributed by atoms with van der Waals surface area (Å²) in [7, 11) is 0. The van der Waals surface area contributed by atoms with Crippen LogP contribution in [-0.2, 0) is 11.3 Å². The number of halogens is 2. The Morgan fingerprint density at radius 1 is 1.33 bits per heavy atom. The van der Waals surface area contributed by atoms with Crippen LogP contribution >= 0.6 is 15.9 Å². The number of nitrogens with one attached hydrogen (secondary N) is 1. The molecule has 0 radical (unpaired) electrons. The highest BCUT2D eigenvalue weighted by atomic mass is 79.9. The third kappa shape index (κ3) is 4.05. The summed E-state index contributed by atoms with van der Waals surface area (Å²) in [4.78, 5) is 23.6. The van der Waals surface area contributed by atoms with Crippen LogP contribution in [0.2, 0.25) is 0 Å². The molecule has 10 heteroatoms. The SMILES string of the molecule is CC(C(=O)Nc1nn(Cc2ccccc2F)cc1Br)n1nccc1C(=O)O. The van der Waals surface area contributed by atoms with Gasteiger partial charge in [-0.3, -0.25) is 9.48 Å². The van der Waals surface area contributed by atoms with E-state index in [9.17, 15) is 14.0 Å². The van der Waals surface area contributed by atoms with E-state index in [0.29, 0.717) is 10.0 Å². The third-order valence-corrected chi connectivity index (χ3v) is 4.46. The first-order chi connectivity index (χ1) is 12.9. The molecule has 3 rings (SSSR count). The van der Waals surface area contributed by atoms with Gasteiger partial charge in [-0.05, 0) is 35.0 Å². The van der Waals surface area contributed by atoms with Crippen LogP contribution in [0.4, 0.5) is 10.2 Å². The molecule has 0 aliphatic carbocycles. The van der Waals surface area contributed by atoms with Crippen LogP contribution in [0.5, 0.6) is 0 Å². The lowest BCUT2D eigenvalue weighted by Crippen LogP contribution is -2.27. The molecule has 8 nitrogen and oxygen atoms in total. The number of anilines is 1. The highest BCUT2D eigenvalue weighted by molar-refractivity contribution is 9.10. The number of aromatic carboxylic acids is 1. The lowest BCUT2D eigenvalue weighted by atomic mass is 10.2. The van der Waals surface area contributed by atoms with Crippen molar-refractivity contribution in [1.29, 1.82) is 0 Å². The summed E-state index contributed by atoms with van der Waals surface area (Å²) in [5.41, 5.74) is 0.364. The smallest absolute Gasteiger partial charge is 0.354 e. The monoisotopic (exact) mass is 435 g/mol. The Morgan fingerprint density at radius 2 is 2.07 bits per heavy atom. The Bertz CT molecular complexity index is 1000. The molecule has 1 unspecified atom stereocenters. The summed E-state index contributed by atoms with van der Waals surface area (Å²) in [6.07, 6.45) is 2.93. The minimum Gasteiger partial charge on any atom is -0.477 e. The van der Waals surface area contributed by atoms with Crippen molar-refractivity contribution in [3.05, 3.63) is 64.3 Å². The summed E-state index contributed by atoms with van der Waals surface area (Å²) >= 11 is 3.30. The summed E-state index contributed by atoms with van der Waals surface area (Å²) < 4.78 is 16.9. The first-order valence-corrected chi connectivity index (χ1v) is 8.70.